The molecule has 4 heteroatoms. The number of carbonyl (C=O) groups is 1. The largest absolute Gasteiger partial charge is 0.352 e. The summed E-state index contributed by atoms with van der Waals surface area (Å²) in [5.41, 5.74) is 2.33. The summed E-state index contributed by atoms with van der Waals surface area (Å²) in [4.78, 5) is 11.7. The molecule has 0 spiro atoms. The summed E-state index contributed by atoms with van der Waals surface area (Å²) >= 11 is 3.42. The van der Waals surface area contributed by atoms with Crippen molar-refractivity contribution in [1.29, 1.82) is 0 Å². The number of amides is 1. The van der Waals surface area contributed by atoms with Crippen LogP contribution in [0.4, 0.5) is 0 Å². The highest BCUT2D eigenvalue weighted by Crippen LogP contribution is 2.15. The van der Waals surface area contributed by atoms with Crippen molar-refractivity contribution in [3.05, 3.63) is 33.8 Å². The summed E-state index contributed by atoms with van der Waals surface area (Å²) in [6.45, 7) is 5.25. The zero-order valence-corrected chi connectivity index (χ0v) is 12.1. The highest BCUT2D eigenvalue weighted by atomic mass is 79.9. The smallest absolute Gasteiger partial charge is 0.224 e. The Morgan fingerprint density at radius 3 is 2.76 bits per heavy atom. The van der Waals surface area contributed by atoms with Crippen molar-refractivity contribution in [1.82, 2.24) is 10.6 Å². The lowest BCUT2D eigenvalue weighted by Gasteiger charge is -2.12. The van der Waals surface area contributed by atoms with E-state index in [0.29, 0.717) is 13.1 Å². The molecular formula is C13H19BrN2O. The van der Waals surface area contributed by atoms with E-state index in [9.17, 15) is 4.79 Å². The molecule has 0 radical (unpaired) electrons. The van der Waals surface area contributed by atoms with Crippen LogP contribution in [-0.4, -0.2) is 19.5 Å². The molecule has 0 bridgehead atoms. The van der Waals surface area contributed by atoms with E-state index in [1.54, 1.807) is 0 Å². The molecule has 17 heavy (non-hydrogen) atoms. The monoisotopic (exact) mass is 298 g/mol. The Bertz CT molecular complexity index is 393. The number of hydrogen-bond acceptors (Lipinski definition) is 2. The summed E-state index contributed by atoms with van der Waals surface area (Å²) in [5, 5.41) is 5.95. The Hall–Kier alpha value is -0.870. The molecule has 0 heterocycles. The number of rotatable bonds is 5. The van der Waals surface area contributed by atoms with E-state index in [-0.39, 0.29) is 11.8 Å². The van der Waals surface area contributed by atoms with Crippen molar-refractivity contribution < 1.29 is 4.79 Å². The quantitative estimate of drug-likeness (QED) is 0.875. The molecule has 1 atom stereocenters. The first kappa shape index (κ1) is 14.2. The maximum Gasteiger partial charge on any atom is 0.224 e. The van der Waals surface area contributed by atoms with Crippen molar-refractivity contribution in [2.24, 2.45) is 5.92 Å². The SMILES string of the molecule is CNCC(C)C(=O)NCc1ccc(Br)cc1C. The second-order valence-corrected chi connectivity index (χ2v) is 5.16. The summed E-state index contributed by atoms with van der Waals surface area (Å²) in [6.07, 6.45) is 0. The number of aryl methyl sites for hydroxylation is 1. The van der Waals surface area contributed by atoms with Gasteiger partial charge in [0.1, 0.15) is 0 Å². The number of carbonyl (C=O) groups excluding carboxylic acids is 1. The first-order chi connectivity index (χ1) is 8.04. The van der Waals surface area contributed by atoms with Crippen molar-refractivity contribution in [3.8, 4) is 0 Å². The molecule has 1 aromatic carbocycles. The van der Waals surface area contributed by atoms with E-state index < -0.39 is 0 Å². The minimum Gasteiger partial charge on any atom is -0.352 e. The molecule has 94 valence electrons. The van der Waals surface area contributed by atoms with Gasteiger partial charge in [-0.3, -0.25) is 4.79 Å². The van der Waals surface area contributed by atoms with Gasteiger partial charge in [-0.25, -0.2) is 0 Å². The van der Waals surface area contributed by atoms with Gasteiger partial charge in [0.15, 0.2) is 0 Å². The van der Waals surface area contributed by atoms with E-state index in [1.165, 1.54) is 5.56 Å². The highest BCUT2D eigenvalue weighted by Gasteiger charge is 2.11. The summed E-state index contributed by atoms with van der Waals surface area (Å²) in [6, 6.07) is 6.08. The van der Waals surface area contributed by atoms with Crippen LogP contribution in [0.25, 0.3) is 0 Å². The van der Waals surface area contributed by atoms with Gasteiger partial charge in [-0.05, 0) is 37.2 Å². The molecule has 0 aliphatic carbocycles. The fourth-order valence-corrected chi connectivity index (χ4v) is 2.09. The lowest BCUT2D eigenvalue weighted by atomic mass is 10.1. The van der Waals surface area contributed by atoms with E-state index >= 15 is 0 Å². The van der Waals surface area contributed by atoms with Crippen LogP contribution in [0.2, 0.25) is 0 Å². The third-order valence-corrected chi connectivity index (χ3v) is 3.21. The Labute approximate surface area is 111 Å². The zero-order valence-electron chi connectivity index (χ0n) is 10.5. The number of halogens is 1. The van der Waals surface area contributed by atoms with Crippen molar-refractivity contribution in [3.63, 3.8) is 0 Å². The summed E-state index contributed by atoms with van der Waals surface area (Å²) in [5.74, 6) is 0.0809. The maximum absolute atomic E-state index is 11.7. The standard InChI is InChI=1S/C13H19BrN2O/c1-9-6-12(14)5-4-11(9)8-16-13(17)10(2)7-15-3/h4-6,10,15H,7-8H2,1-3H3,(H,16,17). The summed E-state index contributed by atoms with van der Waals surface area (Å²) in [7, 11) is 1.85. The molecule has 0 saturated heterocycles. The molecule has 0 saturated carbocycles. The van der Waals surface area contributed by atoms with Crippen LogP contribution in [0.5, 0.6) is 0 Å². The molecular weight excluding hydrogens is 280 g/mol. The summed E-state index contributed by atoms with van der Waals surface area (Å²) < 4.78 is 1.06. The molecule has 0 aromatic heterocycles. The van der Waals surface area contributed by atoms with Gasteiger partial charge >= 0.3 is 0 Å². The van der Waals surface area contributed by atoms with Gasteiger partial charge in [-0.15, -0.1) is 0 Å². The highest BCUT2D eigenvalue weighted by molar-refractivity contribution is 9.10. The average molecular weight is 299 g/mol. The minimum atomic E-state index is -0.00393. The van der Waals surface area contributed by atoms with Gasteiger partial charge in [-0.2, -0.15) is 0 Å². The topological polar surface area (TPSA) is 41.1 Å². The molecule has 1 aromatic rings. The molecule has 2 N–H and O–H groups in total. The third kappa shape index (κ3) is 4.48. The number of benzene rings is 1. The Balaban J connectivity index is 2.53. The molecule has 1 rings (SSSR count). The van der Waals surface area contributed by atoms with E-state index in [2.05, 4.69) is 32.6 Å². The van der Waals surface area contributed by atoms with Crippen molar-refractivity contribution in [2.75, 3.05) is 13.6 Å². The van der Waals surface area contributed by atoms with E-state index in [4.69, 9.17) is 0 Å². The van der Waals surface area contributed by atoms with Crippen LogP contribution < -0.4 is 10.6 Å². The first-order valence-electron chi connectivity index (χ1n) is 5.72. The van der Waals surface area contributed by atoms with Crippen LogP contribution in [0.15, 0.2) is 22.7 Å². The Morgan fingerprint density at radius 1 is 1.47 bits per heavy atom. The Kier molecular flexibility index (Phi) is 5.65. The van der Waals surface area contributed by atoms with Crippen LogP contribution in [-0.2, 0) is 11.3 Å². The lowest BCUT2D eigenvalue weighted by Crippen LogP contribution is -2.34. The van der Waals surface area contributed by atoms with Crippen LogP contribution in [0.1, 0.15) is 18.1 Å². The third-order valence-electron chi connectivity index (χ3n) is 2.72. The van der Waals surface area contributed by atoms with Gasteiger partial charge in [0.2, 0.25) is 5.91 Å². The minimum absolute atomic E-state index is 0.00393. The molecule has 3 nitrogen and oxygen atoms in total. The zero-order chi connectivity index (χ0) is 12.8. The second-order valence-electron chi connectivity index (χ2n) is 4.25. The molecule has 1 amide bonds. The van der Waals surface area contributed by atoms with Gasteiger partial charge in [-0.1, -0.05) is 28.9 Å². The van der Waals surface area contributed by atoms with Gasteiger partial charge in [0.25, 0.3) is 0 Å². The lowest BCUT2D eigenvalue weighted by molar-refractivity contribution is -0.124. The van der Waals surface area contributed by atoms with Crippen LogP contribution in [0.3, 0.4) is 0 Å². The predicted molar refractivity (Wildman–Crippen MR) is 73.8 cm³/mol. The Morgan fingerprint density at radius 2 is 2.18 bits per heavy atom. The fraction of sp³-hybridized carbons (Fsp3) is 0.462. The molecule has 0 fully saturated rings. The van der Waals surface area contributed by atoms with Gasteiger partial charge in [0.05, 0.1) is 0 Å². The van der Waals surface area contributed by atoms with E-state index in [0.717, 1.165) is 10.0 Å². The van der Waals surface area contributed by atoms with E-state index in [1.807, 2.05) is 33.0 Å². The second kappa shape index (κ2) is 6.77. The van der Waals surface area contributed by atoms with Gasteiger partial charge < -0.3 is 10.6 Å². The molecule has 0 aliphatic heterocycles. The number of hydrogen-bond donors (Lipinski definition) is 2. The predicted octanol–water partition coefficient (Wildman–Crippen LogP) is 2.23. The molecule has 1 unspecified atom stereocenters. The van der Waals surface area contributed by atoms with Crippen LogP contribution >= 0.6 is 15.9 Å². The first-order valence-corrected chi connectivity index (χ1v) is 6.51. The molecule has 0 aliphatic rings. The number of nitrogens with one attached hydrogen (secondary N) is 2. The fourth-order valence-electron chi connectivity index (χ4n) is 1.61. The average Bonchev–Trinajstić information content (AvgIpc) is 2.27. The van der Waals surface area contributed by atoms with Gasteiger partial charge in [0, 0.05) is 23.5 Å². The van der Waals surface area contributed by atoms with Crippen LogP contribution in [0, 0.1) is 12.8 Å². The normalized spacial score (nSPS) is 12.2. The van der Waals surface area contributed by atoms with Crippen molar-refractivity contribution in [2.45, 2.75) is 20.4 Å². The maximum atomic E-state index is 11.7. The van der Waals surface area contributed by atoms with Crippen molar-refractivity contribution >= 4 is 21.8 Å².